The zero-order chi connectivity index (χ0) is 18.4. The van der Waals surface area contributed by atoms with Crippen molar-refractivity contribution in [1.82, 2.24) is 15.0 Å². The molecular formula is C20H27N3O3. The lowest BCUT2D eigenvalue weighted by Crippen LogP contribution is -2.48. The second-order valence-corrected chi connectivity index (χ2v) is 6.73. The quantitative estimate of drug-likeness (QED) is 0.713. The topological polar surface area (TPSA) is 58.8 Å². The first-order chi connectivity index (χ1) is 12.7. The first-order valence-electron chi connectivity index (χ1n) is 9.32. The molecule has 0 aliphatic carbocycles. The molecule has 6 heteroatoms. The SMILES string of the molecule is CCCCOc1ccc(C(=O)N2CCN(Cc3cc(C)no3)CC2)cc1. The number of amides is 1. The van der Waals surface area contributed by atoms with E-state index in [9.17, 15) is 4.79 Å². The average molecular weight is 357 g/mol. The fourth-order valence-electron chi connectivity index (χ4n) is 3.03. The first-order valence-corrected chi connectivity index (χ1v) is 9.32. The first kappa shape index (κ1) is 18.5. The van der Waals surface area contributed by atoms with Gasteiger partial charge in [0.05, 0.1) is 18.8 Å². The number of benzene rings is 1. The summed E-state index contributed by atoms with van der Waals surface area (Å²) < 4.78 is 10.9. The predicted molar refractivity (Wildman–Crippen MR) is 99.3 cm³/mol. The normalized spacial score (nSPS) is 15.2. The van der Waals surface area contributed by atoms with Crippen LogP contribution in [0.2, 0.25) is 0 Å². The van der Waals surface area contributed by atoms with E-state index in [1.807, 2.05) is 42.2 Å². The molecule has 26 heavy (non-hydrogen) atoms. The minimum Gasteiger partial charge on any atom is -0.494 e. The fraction of sp³-hybridized carbons (Fsp3) is 0.500. The Kier molecular flexibility index (Phi) is 6.28. The number of unbranched alkanes of at least 4 members (excludes halogenated alkanes) is 1. The van der Waals surface area contributed by atoms with Crippen LogP contribution < -0.4 is 4.74 Å². The molecule has 0 unspecified atom stereocenters. The minimum atomic E-state index is 0.0836. The number of piperazine rings is 1. The van der Waals surface area contributed by atoms with Crippen molar-refractivity contribution in [2.45, 2.75) is 33.2 Å². The zero-order valence-corrected chi connectivity index (χ0v) is 15.6. The van der Waals surface area contributed by atoms with Gasteiger partial charge >= 0.3 is 0 Å². The largest absolute Gasteiger partial charge is 0.494 e. The molecule has 1 saturated heterocycles. The third-order valence-corrected chi connectivity index (χ3v) is 4.58. The summed E-state index contributed by atoms with van der Waals surface area (Å²) in [5.74, 6) is 1.78. The van der Waals surface area contributed by atoms with E-state index in [4.69, 9.17) is 9.26 Å². The molecule has 0 radical (unpaired) electrons. The van der Waals surface area contributed by atoms with Gasteiger partial charge in [-0.05, 0) is 37.6 Å². The van der Waals surface area contributed by atoms with E-state index in [0.717, 1.165) is 69.4 Å². The molecule has 1 amide bonds. The van der Waals surface area contributed by atoms with Crippen molar-refractivity contribution in [1.29, 1.82) is 0 Å². The average Bonchev–Trinajstić information content (AvgIpc) is 3.07. The van der Waals surface area contributed by atoms with Crippen LogP contribution in [0.4, 0.5) is 0 Å². The van der Waals surface area contributed by atoms with E-state index in [1.54, 1.807) is 0 Å². The molecule has 3 rings (SSSR count). The van der Waals surface area contributed by atoms with Crippen molar-refractivity contribution in [3.05, 3.63) is 47.3 Å². The van der Waals surface area contributed by atoms with Gasteiger partial charge in [-0.1, -0.05) is 18.5 Å². The number of aryl methyl sites for hydroxylation is 1. The van der Waals surface area contributed by atoms with Crippen LogP contribution in [-0.2, 0) is 6.54 Å². The van der Waals surface area contributed by atoms with Crippen LogP contribution in [0.25, 0.3) is 0 Å². The third-order valence-electron chi connectivity index (χ3n) is 4.58. The molecule has 0 bridgehead atoms. The van der Waals surface area contributed by atoms with E-state index in [1.165, 1.54) is 0 Å². The number of carbonyl (C=O) groups excluding carboxylic acids is 1. The molecule has 1 aliphatic heterocycles. The van der Waals surface area contributed by atoms with Crippen LogP contribution in [0.3, 0.4) is 0 Å². The molecule has 2 heterocycles. The van der Waals surface area contributed by atoms with Crippen molar-refractivity contribution in [3.8, 4) is 5.75 Å². The molecule has 0 N–H and O–H groups in total. The summed E-state index contributed by atoms with van der Waals surface area (Å²) in [4.78, 5) is 16.9. The monoisotopic (exact) mass is 357 g/mol. The smallest absolute Gasteiger partial charge is 0.253 e. The van der Waals surface area contributed by atoms with Gasteiger partial charge in [-0.2, -0.15) is 0 Å². The summed E-state index contributed by atoms with van der Waals surface area (Å²) in [6.45, 7) is 8.64. The third kappa shape index (κ3) is 4.85. The summed E-state index contributed by atoms with van der Waals surface area (Å²) >= 11 is 0. The van der Waals surface area contributed by atoms with Gasteiger partial charge in [0.25, 0.3) is 5.91 Å². The van der Waals surface area contributed by atoms with Crippen LogP contribution in [0.15, 0.2) is 34.9 Å². The van der Waals surface area contributed by atoms with E-state index >= 15 is 0 Å². The van der Waals surface area contributed by atoms with Gasteiger partial charge < -0.3 is 14.2 Å². The molecule has 2 aromatic rings. The van der Waals surface area contributed by atoms with Crippen LogP contribution >= 0.6 is 0 Å². The summed E-state index contributed by atoms with van der Waals surface area (Å²) in [6, 6.07) is 9.43. The van der Waals surface area contributed by atoms with Crippen LogP contribution in [0.1, 0.15) is 41.6 Å². The van der Waals surface area contributed by atoms with Gasteiger partial charge in [-0.15, -0.1) is 0 Å². The Morgan fingerprint density at radius 3 is 2.54 bits per heavy atom. The molecule has 6 nitrogen and oxygen atoms in total. The highest BCUT2D eigenvalue weighted by molar-refractivity contribution is 5.94. The molecule has 0 spiro atoms. The number of rotatable bonds is 7. The van der Waals surface area contributed by atoms with Crippen LogP contribution in [0, 0.1) is 6.92 Å². The lowest BCUT2D eigenvalue weighted by atomic mass is 10.1. The van der Waals surface area contributed by atoms with Gasteiger partial charge in [0.15, 0.2) is 5.76 Å². The molecule has 1 aliphatic rings. The maximum absolute atomic E-state index is 12.7. The number of carbonyl (C=O) groups is 1. The Morgan fingerprint density at radius 2 is 1.92 bits per heavy atom. The van der Waals surface area contributed by atoms with Crippen molar-refractivity contribution in [2.75, 3.05) is 32.8 Å². The second kappa shape index (κ2) is 8.85. The Bertz CT molecular complexity index is 703. The summed E-state index contributed by atoms with van der Waals surface area (Å²) in [5, 5.41) is 3.92. The minimum absolute atomic E-state index is 0.0836. The van der Waals surface area contributed by atoms with Crippen molar-refractivity contribution < 1.29 is 14.1 Å². The fourth-order valence-corrected chi connectivity index (χ4v) is 3.03. The summed E-state index contributed by atoms with van der Waals surface area (Å²) in [7, 11) is 0. The molecule has 140 valence electrons. The molecule has 1 aromatic carbocycles. The molecule has 1 aromatic heterocycles. The van der Waals surface area contributed by atoms with E-state index in [0.29, 0.717) is 5.56 Å². The van der Waals surface area contributed by atoms with Crippen molar-refractivity contribution in [2.24, 2.45) is 0 Å². The van der Waals surface area contributed by atoms with E-state index in [2.05, 4.69) is 17.0 Å². The molecule has 0 atom stereocenters. The maximum atomic E-state index is 12.7. The van der Waals surface area contributed by atoms with E-state index < -0.39 is 0 Å². The Morgan fingerprint density at radius 1 is 1.19 bits per heavy atom. The van der Waals surface area contributed by atoms with Gasteiger partial charge in [0, 0.05) is 37.8 Å². The Balaban J connectivity index is 1.48. The lowest BCUT2D eigenvalue weighted by Gasteiger charge is -2.34. The highest BCUT2D eigenvalue weighted by Crippen LogP contribution is 2.16. The van der Waals surface area contributed by atoms with Crippen molar-refractivity contribution in [3.63, 3.8) is 0 Å². The maximum Gasteiger partial charge on any atom is 0.253 e. The lowest BCUT2D eigenvalue weighted by molar-refractivity contribution is 0.0617. The summed E-state index contributed by atoms with van der Waals surface area (Å²) in [5.41, 5.74) is 1.61. The predicted octanol–water partition coefficient (Wildman–Crippen LogP) is 3.12. The van der Waals surface area contributed by atoms with Crippen molar-refractivity contribution >= 4 is 5.91 Å². The highest BCUT2D eigenvalue weighted by atomic mass is 16.5. The zero-order valence-electron chi connectivity index (χ0n) is 15.6. The van der Waals surface area contributed by atoms with Gasteiger partial charge in [0.1, 0.15) is 5.75 Å². The van der Waals surface area contributed by atoms with Gasteiger partial charge in [-0.25, -0.2) is 0 Å². The van der Waals surface area contributed by atoms with E-state index in [-0.39, 0.29) is 5.91 Å². The number of hydrogen-bond acceptors (Lipinski definition) is 5. The second-order valence-electron chi connectivity index (χ2n) is 6.73. The van der Waals surface area contributed by atoms with Gasteiger partial charge in [0.2, 0.25) is 0 Å². The van der Waals surface area contributed by atoms with Crippen LogP contribution in [0.5, 0.6) is 5.75 Å². The molecule has 1 fully saturated rings. The standard InChI is InChI=1S/C20H27N3O3/c1-3-4-13-25-18-7-5-17(6-8-18)20(24)23-11-9-22(10-12-23)15-19-14-16(2)21-26-19/h5-8,14H,3-4,9-13,15H2,1-2H3. The van der Waals surface area contributed by atoms with Crippen LogP contribution in [-0.4, -0.2) is 53.6 Å². The number of hydrogen-bond donors (Lipinski definition) is 0. The Labute approximate surface area is 154 Å². The number of nitrogens with zero attached hydrogens (tertiary/aromatic N) is 3. The summed E-state index contributed by atoms with van der Waals surface area (Å²) in [6.07, 6.45) is 2.15. The molecular weight excluding hydrogens is 330 g/mol. The van der Waals surface area contributed by atoms with Gasteiger partial charge in [-0.3, -0.25) is 9.69 Å². The number of ether oxygens (including phenoxy) is 1. The molecule has 0 saturated carbocycles. The Hall–Kier alpha value is -2.34. The highest BCUT2D eigenvalue weighted by Gasteiger charge is 2.22. The number of aromatic nitrogens is 1.